The highest BCUT2D eigenvalue weighted by atomic mass is 32.1. The van der Waals surface area contributed by atoms with Crippen molar-refractivity contribution in [3.05, 3.63) is 32.9 Å². The van der Waals surface area contributed by atoms with Crippen molar-refractivity contribution in [2.24, 2.45) is 0 Å². The van der Waals surface area contributed by atoms with E-state index in [0.29, 0.717) is 35.8 Å². The lowest BCUT2D eigenvalue weighted by atomic mass is 10.1. The quantitative estimate of drug-likeness (QED) is 0.558. The van der Waals surface area contributed by atoms with Crippen LogP contribution in [-0.4, -0.2) is 37.8 Å². The number of thiazole rings is 1. The maximum Gasteiger partial charge on any atom is 0.163 e. The summed E-state index contributed by atoms with van der Waals surface area (Å²) in [5, 5.41) is 29.8. The Morgan fingerprint density at radius 2 is 2.21 bits per heavy atom. The Hall–Kier alpha value is -2.70. The molecule has 0 aromatic carbocycles. The van der Waals surface area contributed by atoms with E-state index in [4.69, 9.17) is 5.73 Å². The minimum absolute atomic E-state index is 0.104. The largest absolute Gasteiger partial charge is 0.395 e. The Labute approximate surface area is 167 Å². The van der Waals surface area contributed by atoms with E-state index in [1.807, 2.05) is 19.2 Å². The van der Waals surface area contributed by atoms with Crippen LogP contribution >= 0.6 is 11.3 Å². The van der Waals surface area contributed by atoms with Crippen molar-refractivity contribution < 1.29 is 5.11 Å². The SMILES string of the molecule is CCc1c(C)nn2c(N)c(C#N)c(NCCc3nc(C4(CO)CC4)cs3)nc12. The summed E-state index contributed by atoms with van der Waals surface area (Å²) in [5.41, 5.74) is 9.97. The van der Waals surface area contributed by atoms with Crippen LogP contribution in [0.3, 0.4) is 0 Å². The lowest BCUT2D eigenvalue weighted by Crippen LogP contribution is -2.14. The second kappa shape index (κ2) is 7.04. The number of aliphatic hydroxyl groups excluding tert-OH is 1. The molecule has 0 radical (unpaired) electrons. The summed E-state index contributed by atoms with van der Waals surface area (Å²) >= 11 is 1.61. The van der Waals surface area contributed by atoms with E-state index in [-0.39, 0.29) is 12.0 Å². The molecule has 146 valence electrons. The maximum atomic E-state index is 9.55. The standard InChI is InChI=1S/C19H23N7OS/c1-3-12-11(2)25-26-16(21)13(8-20)17(24-18(12)26)22-7-4-15-23-14(9-28-15)19(10-27)5-6-19/h9,27H,3-7,10,21H2,1-2H3,(H,22,24). The number of rotatable bonds is 7. The molecule has 0 aliphatic heterocycles. The second-order valence-electron chi connectivity index (χ2n) is 7.23. The average Bonchev–Trinajstić information content (AvgIpc) is 3.23. The molecule has 1 aliphatic rings. The minimum atomic E-state index is -0.104. The van der Waals surface area contributed by atoms with Crippen LogP contribution in [-0.2, 0) is 18.3 Å². The summed E-state index contributed by atoms with van der Waals surface area (Å²) in [5.74, 6) is 0.779. The summed E-state index contributed by atoms with van der Waals surface area (Å²) in [7, 11) is 0. The number of fused-ring (bicyclic) bond motifs is 1. The first kappa shape index (κ1) is 18.7. The molecule has 8 nitrogen and oxygen atoms in total. The number of nitrogen functional groups attached to an aromatic ring is 1. The van der Waals surface area contributed by atoms with E-state index in [2.05, 4.69) is 26.5 Å². The van der Waals surface area contributed by atoms with Crippen molar-refractivity contribution in [1.29, 1.82) is 5.26 Å². The third kappa shape index (κ3) is 2.99. The molecule has 3 heterocycles. The average molecular weight is 398 g/mol. The van der Waals surface area contributed by atoms with Gasteiger partial charge in [0, 0.05) is 29.3 Å². The van der Waals surface area contributed by atoms with Crippen molar-refractivity contribution in [1.82, 2.24) is 19.6 Å². The zero-order valence-electron chi connectivity index (χ0n) is 16.0. The lowest BCUT2D eigenvalue weighted by Gasteiger charge is -2.10. The monoisotopic (exact) mass is 397 g/mol. The maximum absolute atomic E-state index is 9.55. The number of anilines is 2. The molecule has 0 unspecified atom stereocenters. The summed E-state index contributed by atoms with van der Waals surface area (Å²) < 4.78 is 1.55. The predicted molar refractivity (Wildman–Crippen MR) is 109 cm³/mol. The zero-order chi connectivity index (χ0) is 19.9. The van der Waals surface area contributed by atoms with Gasteiger partial charge >= 0.3 is 0 Å². The van der Waals surface area contributed by atoms with Gasteiger partial charge in [0.05, 0.1) is 23.0 Å². The molecule has 28 heavy (non-hydrogen) atoms. The number of hydrogen-bond acceptors (Lipinski definition) is 8. The molecule has 0 atom stereocenters. The number of aliphatic hydroxyl groups is 1. The van der Waals surface area contributed by atoms with E-state index < -0.39 is 0 Å². The van der Waals surface area contributed by atoms with Crippen LogP contribution in [0.5, 0.6) is 0 Å². The summed E-state index contributed by atoms with van der Waals surface area (Å²) in [4.78, 5) is 9.32. The van der Waals surface area contributed by atoms with Gasteiger partial charge in [-0.05, 0) is 26.2 Å². The van der Waals surface area contributed by atoms with Crippen LogP contribution in [0.25, 0.3) is 5.65 Å². The first-order valence-corrected chi connectivity index (χ1v) is 10.3. The predicted octanol–water partition coefficient (Wildman–Crippen LogP) is 2.19. The van der Waals surface area contributed by atoms with Crippen molar-refractivity contribution in [2.45, 2.75) is 44.9 Å². The Morgan fingerprint density at radius 3 is 2.86 bits per heavy atom. The molecule has 3 aromatic rings. The number of nitrogens with one attached hydrogen (secondary N) is 1. The van der Waals surface area contributed by atoms with Crippen molar-refractivity contribution in [2.75, 3.05) is 24.2 Å². The molecule has 3 aromatic heterocycles. The van der Waals surface area contributed by atoms with Crippen molar-refractivity contribution >= 4 is 28.6 Å². The number of nitrogens with two attached hydrogens (primary N) is 1. The van der Waals surface area contributed by atoms with Crippen LogP contribution in [0.1, 0.15) is 47.3 Å². The number of aryl methyl sites for hydroxylation is 2. The van der Waals surface area contributed by atoms with Gasteiger partial charge in [0.25, 0.3) is 0 Å². The highest BCUT2D eigenvalue weighted by Crippen LogP contribution is 2.47. The molecular formula is C19H23N7OS. The van der Waals surface area contributed by atoms with Crippen LogP contribution in [0, 0.1) is 18.3 Å². The topological polar surface area (TPSA) is 125 Å². The third-order valence-corrected chi connectivity index (χ3v) is 6.35. The van der Waals surface area contributed by atoms with E-state index in [1.54, 1.807) is 15.9 Å². The van der Waals surface area contributed by atoms with Crippen LogP contribution < -0.4 is 11.1 Å². The van der Waals surface area contributed by atoms with Crippen molar-refractivity contribution in [3.8, 4) is 6.07 Å². The molecule has 1 saturated carbocycles. The van der Waals surface area contributed by atoms with Gasteiger partial charge in [-0.15, -0.1) is 11.3 Å². The fourth-order valence-electron chi connectivity index (χ4n) is 3.47. The Bertz CT molecular complexity index is 1070. The molecule has 1 fully saturated rings. The van der Waals surface area contributed by atoms with Gasteiger partial charge in [-0.1, -0.05) is 6.92 Å². The van der Waals surface area contributed by atoms with Gasteiger partial charge in [-0.2, -0.15) is 14.9 Å². The summed E-state index contributed by atoms with van der Waals surface area (Å²) in [6, 6.07) is 2.14. The Morgan fingerprint density at radius 1 is 1.43 bits per heavy atom. The lowest BCUT2D eigenvalue weighted by molar-refractivity contribution is 0.253. The number of hydrogen-bond donors (Lipinski definition) is 3. The van der Waals surface area contributed by atoms with Gasteiger partial charge in [0.15, 0.2) is 5.65 Å². The van der Waals surface area contributed by atoms with Gasteiger partial charge < -0.3 is 16.2 Å². The van der Waals surface area contributed by atoms with E-state index in [9.17, 15) is 10.4 Å². The molecule has 0 spiro atoms. The van der Waals surface area contributed by atoms with Gasteiger partial charge in [0.2, 0.25) is 0 Å². The van der Waals surface area contributed by atoms with Gasteiger partial charge in [-0.25, -0.2) is 9.97 Å². The normalized spacial score (nSPS) is 14.9. The second-order valence-corrected chi connectivity index (χ2v) is 8.17. The van der Waals surface area contributed by atoms with Gasteiger partial charge in [0.1, 0.15) is 23.3 Å². The van der Waals surface area contributed by atoms with E-state index in [0.717, 1.165) is 41.2 Å². The first-order valence-electron chi connectivity index (χ1n) is 9.40. The highest BCUT2D eigenvalue weighted by molar-refractivity contribution is 7.09. The molecular weight excluding hydrogens is 374 g/mol. The van der Waals surface area contributed by atoms with Crippen LogP contribution in [0.15, 0.2) is 5.38 Å². The molecule has 9 heteroatoms. The zero-order valence-corrected chi connectivity index (χ0v) is 16.8. The highest BCUT2D eigenvalue weighted by Gasteiger charge is 2.45. The molecule has 4 rings (SSSR count). The number of nitrogens with zero attached hydrogens (tertiary/aromatic N) is 5. The fraction of sp³-hybridized carbons (Fsp3) is 0.474. The smallest absolute Gasteiger partial charge is 0.163 e. The number of nitriles is 1. The summed E-state index contributed by atoms with van der Waals surface area (Å²) in [6.07, 6.45) is 3.51. The minimum Gasteiger partial charge on any atom is -0.395 e. The van der Waals surface area contributed by atoms with E-state index in [1.165, 1.54) is 0 Å². The third-order valence-electron chi connectivity index (χ3n) is 5.44. The van der Waals surface area contributed by atoms with Gasteiger partial charge in [-0.3, -0.25) is 0 Å². The molecule has 0 bridgehead atoms. The van der Waals surface area contributed by atoms with Crippen LogP contribution in [0.4, 0.5) is 11.6 Å². The number of aromatic nitrogens is 4. The van der Waals surface area contributed by atoms with Crippen LogP contribution in [0.2, 0.25) is 0 Å². The Balaban J connectivity index is 1.54. The molecule has 1 aliphatic carbocycles. The molecule has 4 N–H and O–H groups in total. The fourth-order valence-corrected chi connectivity index (χ4v) is 4.40. The first-order chi connectivity index (χ1) is 13.5. The van der Waals surface area contributed by atoms with Crippen molar-refractivity contribution in [3.63, 3.8) is 0 Å². The summed E-state index contributed by atoms with van der Waals surface area (Å²) in [6.45, 7) is 4.72. The molecule has 0 amide bonds. The Kier molecular flexibility index (Phi) is 4.69. The van der Waals surface area contributed by atoms with E-state index >= 15 is 0 Å². The molecule has 0 saturated heterocycles.